The lowest BCUT2D eigenvalue weighted by Gasteiger charge is -2.34. The standard InChI is InChI=1S/C23H17F4N5O/c24-16-4-1-3-15(20(16)21-28-7-2-8-29-21)22(33)32-12-13-9-17(18(32)10-13)31-19-6-5-14(11-30-19)23(25,26)27/h2,4-8,11,13,17-18H,9-10,12H2,(H,30,31). The van der Waals surface area contributed by atoms with Gasteiger partial charge in [-0.3, -0.25) is 4.79 Å². The Labute approximate surface area is 186 Å². The summed E-state index contributed by atoms with van der Waals surface area (Å²) in [6.07, 6.45) is 0.732. The first-order valence-electron chi connectivity index (χ1n) is 10.3. The lowest BCUT2D eigenvalue weighted by Crippen LogP contribution is -2.47. The van der Waals surface area contributed by atoms with Crippen LogP contribution in [0, 0.1) is 23.9 Å². The van der Waals surface area contributed by atoms with Crippen LogP contribution < -0.4 is 5.32 Å². The van der Waals surface area contributed by atoms with Crippen LogP contribution in [-0.4, -0.2) is 44.4 Å². The van der Waals surface area contributed by atoms with Crippen molar-refractivity contribution >= 4 is 11.7 Å². The van der Waals surface area contributed by atoms with Gasteiger partial charge in [-0.25, -0.2) is 19.3 Å². The predicted molar refractivity (Wildman–Crippen MR) is 109 cm³/mol. The SMILES string of the molecule is O=C(c1c#ccc(F)c1-c1ncccn1)N1CC2CC(Nc3ccc(C(F)(F)F)cn3)C1C2. The Hall–Kier alpha value is -3.74. The summed E-state index contributed by atoms with van der Waals surface area (Å²) in [6.45, 7) is 0.502. The quantitative estimate of drug-likeness (QED) is 0.602. The van der Waals surface area contributed by atoms with E-state index in [2.05, 4.69) is 32.4 Å². The van der Waals surface area contributed by atoms with Crippen molar-refractivity contribution < 1.29 is 22.4 Å². The van der Waals surface area contributed by atoms with Gasteiger partial charge in [0.15, 0.2) is 5.82 Å². The largest absolute Gasteiger partial charge is 0.417 e. The summed E-state index contributed by atoms with van der Waals surface area (Å²) in [5.74, 6) is -0.475. The van der Waals surface area contributed by atoms with Gasteiger partial charge < -0.3 is 10.2 Å². The number of aromatic nitrogens is 3. The number of carbonyl (C=O) groups excluding carboxylic acids is 1. The number of nitrogens with one attached hydrogen (secondary N) is 1. The van der Waals surface area contributed by atoms with E-state index >= 15 is 0 Å². The second kappa shape index (κ2) is 7.99. The molecule has 2 aromatic heterocycles. The summed E-state index contributed by atoms with van der Waals surface area (Å²) in [7, 11) is 0. The Balaban J connectivity index is 1.38. The molecule has 1 saturated carbocycles. The molecule has 1 N–H and O–H groups in total. The van der Waals surface area contributed by atoms with Gasteiger partial charge in [-0.2, -0.15) is 13.2 Å². The molecule has 0 spiro atoms. The van der Waals surface area contributed by atoms with Crippen molar-refractivity contribution in [3.05, 3.63) is 71.9 Å². The zero-order chi connectivity index (χ0) is 23.2. The maximum atomic E-state index is 14.6. The number of piperidine rings is 1. The molecule has 168 valence electrons. The Morgan fingerprint density at radius 2 is 1.94 bits per heavy atom. The number of nitrogens with zero attached hydrogens (tertiary/aromatic N) is 4. The van der Waals surface area contributed by atoms with E-state index in [-0.39, 0.29) is 35.0 Å². The highest BCUT2D eigenvalue weighted by molar-refractivity contribution is 6.00. The van der Waals surface area contributed by atoms with E-state index in [1.807, 2.05) is 0 Å². The van der Waals surface area contributed by atoms with Crippen LogP contribution in [0.3, 0.4) is 0 Å². The van der Waals surface area contributed by atoms with Gasteiger partial charge >= 0.3 is 6.18 Å². The van der Waals surface area contributed by atoms with E-state index in [1.54, 1.807) is 11.0 Å². The average molecular weight is 455 g/mol. The van der Waals surface area contributed by atoms with Crippen molar-refractivity contribution in [3.63, 3.8) is 0 Å². The molecule has 2 bridgehead atoms. The average Bonchev–Trinajstić information content (AvgIpc) is 3.39. The number of alkyl halides is 3. The normalized spacial score (nSPS) is 21.7. The number of rotatable bonds is 4. The summed E-state index contributed by atoms with van der Waals surface area (Å²) in [4.78, 5) is 27.1. The molecule has 1 aliphatic heterocycles. The lowest BCUT2D eigenvalue weighted by atomic mass is 10.0. The summed E-state index contributed by atoms with van der Waals surface area (Å²) in [5.41, 5.74) is -0.859. The molecule has 2 aliphatic rings. The monoisotopic (exact) mass is 455 g/mol. The van der Waals surface area contributed by atoms with E-state index < -0.39 is 23.5 Å². The van der Waals surface area contributed by atoms with Gasteiger partial charge in [0.2, 0.25) is 0 Å². The Morgan fingerprint density at radius 3 is 2.61 bits per heavy atom. The van der Waals surface area contributed by atoms with Gasteiger partial charge in [0.05, 0.1) is 17.2 Å². The van der Waals surface area contributed by atoms with E-state index in [0.29, 0.717) is 12.4 Å². The van der Waals surface area contributed by atoms with Crippen molar-refractivity contribution in [1.82, 2.24) is 19.9 Å². The third kappa shape index (κ3) is 3.95. The van der Waals surface area contributed by atoms with Crippen molar-refractivity contribution in [2.45, 2.75) is 31.1 Å². The van der Waals surface area contributed by atoms with E-state index in [1.165, 1.54) is 18.5 Å². The van der Waals surface area contributed by atoms with Crippen LogP contribution in [0.4, 0.5) is 23.4 Å². The molecule has 1 saturated heterocycles. The van der Waals surface area contributed by atoms with Crippen LogP contribution in [0.5, 0.6) is 0 Å². The number of fused-ring (bicyclic) bond motifs is 2. The Bertz CT molecular complexity index is 1170. The van der Waals surface area contributed by atoms with Crippen molar-refractivity contribution in [2.24, 2.45) is 5.92 Å². The number of hydrogen-bond acceptors (Lipinski definition) is 5. The molecule has 10 heteroatoms. The first-order chi connectivity index (χ1) is 15.8. The molecule has 3 unspecified atom stereocenters. The first kappa shape index (κ1) is 21.1. The molecule has 33 heavy (non-hydrogen) atoms. The van der Waals surface area contributed by atoms with Gasteiger partial charge in [0, 0.05) is 37.2 Å². The number of hydrogen-bond donors (Lipinski definition) is 1. The highest BCUT2D eigenvalue weighted by Gasteiger charge is 2.47. The molecule has 2 fully saturated rings. The third-order valence-corrected chi connectivity index (χ3v) is 6.05. The number of amides is 1. The highest BCUT2D eigenvalue weighted by Crippen LogP contribution is 2.40. The Kier molecular flexibility index (Phi) is 5.12. The number of anilines is 1. The molecular weight excluding hydrogens is 438 g/mol. The molecule has 3 atom stereocenters. The number of halogens is 4. The number of carbonyl (C=O) groups is 1. The molecular formula is C23H17F4N5O. The second-order valence-electron chi connectivity index (χ2n) is 8.13. The van der Waals surface area contributed by atoms with Gasteiger partial charge in [0.25, 0.3) is 5.91 Å². The zero-order valence-electron chi connectivity index (χ0n) is 17.1. The van der Waals surface area contributed by atoms with Crippen LogP contribution in [0.25, 0.3) is 11.4 Å². The molecule has 3 heterocycles. The summed E-state index contributed by atoms with van der Waals surface area (Å²) in [6, 6.07) is 9.77. The van der Waals surface area contributed by atoms with Gasteiger partial charge in [-0.1, -0.05) is 12.1 Å². The van der Waals surface area contributed by atoms with Crippen LogP contribution in [0.2, 0.25) is 0 Å². The van der Waals surface area contributed by atoms with E-state index in [0.717, 1.165) is 31.2 Å². The second-order valence-corrected chi connectivity index (χ2v) is 8.13. The van der Waals surface area contributed by atoms with Gasteiger partial charge in [-0.05, 0) is 37.0 Å². The van der Waals surface area contributed by atoms with Crippen LogP contribution in [0.15, 0.2) is 42.9 Å². The Morgan fingerprint density at radius 1 is 1.15 bits per heavy atom. The lowest BCUT2D eigenvalue weighted by molar-refractivity contribution is -0.137. The van der Waals surface area contributed by atoms with Crippen LogP contribution in [0.1, 0.15) is 28.8 Å². The molecule has 0 radical (unpaired) electrons. The fourth-order valence-corrected chi connectivity index (χ4v) is 4.63. The maximum absolute atomic E-state index is 14.6. The molecule has 1 aromatic carbocycles. The minimum absolute atomic E-state index is 0.000144. The summed E-state index contributed by atoms with van der Waals surface area (Å²) < 4.78 is 53.0. The molecule has 5 rings (SSSR count). The van der Waals surface area contributed by atoms with Gasteiger partial charge in [0.1, 0.15) is 17.2 Å². The number of pyridine rings is 1. The molecule has 1 aliphatic carbocycles. The first-order valence-corrected chi connectivity index (χ1v) is 10.3. The highest BCUT2D eigenvalue weighted by atomic mass is 19.4. The van der Waals surface area contributed by atoms with Crippen LogP contribution in [-0.2, 0) is 6.18 Å². The fourth-order valence-electron chi connectivity index (χ4n) is 4.63. The van der Waals surface area contributed by atoms with Crippen molar-refractivity contribution in [2.75, 3.05) is 11.9 Å². The summed E-state index contributed by atoms with van der Waals surface area (Å²) in [5, 5.41) is 3.16. The maximum Gasteiger partial charge on any atom is 0.417 e. The topological polar surface area (TPSA) is 71.0 Å². The molecule has 3 aromatic rings. The summed E-state index contributed by atoms with van der Waals surface area (Å²) >= 11 is 0. The fraction of sp³-hybridized carbons (Fsp3) is 0.304. The van der Waals surface area contributed by atoms with E-state index in [9.17, 15) is 22.4 Å². The third-order valence-electron chi connectivity index (χ3n) is 6.05. The van der Waals surface area contributed by atoms with Crippen LogP contribution >= 0.6 is 0 Å². The molecule has 6 nitrogen and oxygen atoms in total. The minimum Gasteiger partial charge on any atom is -0.365 e. The molecule has 1 amide bonds. The minimum atomic E-state index is -4.46. The zero-order valence-corrected chi connectivity index (χ0v) is 17.1. The van der Waals surface area contributed by atoms with Crippen molar-refractivity contribution in [3.8, 4) is 11.4 Å². The number of likely N-dealkylation sites (tertiary alicyclic amines) is 1. The smallest absolute Gasteiger partial charge is 0.365 e. The predicted octanol–water partition coefficient (Wildman–Crippen LogP) is 4.01. The van der Waals surface area contributed by atoms with E-state index in [4.69, 9.17) is 0 Å². The van der Waals surface area contributed by atoms with Crippen molar-refractivity contribution in [1.29, 1.82) is 0 Å². The van der Waals surface area contributed by atoms with Gasteiger partial charge in [-0.15, -0.1) is 0 Å².